The number of fused-ring (bicyclic) bond motifs is 1. The molecule has 1 unspecified atom stereocenters. The summed E-state index contributed by atoms with van der Waals surface area (Å²) in [5.41, 5.74) is 1.52. The van der Waals surface area contributed by atoms with E-state index in [2.05, 4.69) is 29.6 Å². The maximum Gasteiger partial charge on any atom is 0.0655 e. The number of allylic oxidation sites excluding steroid dienone is 3. The standard InChI is InChI=1S/C9H11N/c1-2-6-9-8(4-1)5-3-7-10-9/h2-4,6-7,9-10H,1,5H2. The predicted octanol–water partition coefficient (Wildman–Crippen LogP) is 1.75. The van der Waals surface area contributed by atoms with E-state index in [0.29, 0.717) is 6.04 Å². The van der Waals surface area contributed by atoms with Crippen LogP contribution in [0.2, 0.25) is 0 Å². The van der Waals surface area contributed by atoms with Crippen molar-refractivity contribution in [1.29, 1.82) is 0 Å². The van der Waals surface area contributed by atoms with Crippen LogP contribution in [-0.4, -0.2) is 6.04 Å². The van der Waals surface area contributed by atoms with Gasteiger partial charge in [-0.2, -0.15) is 0 Å². The normalized spacial score (nSPS) is 28.8. The fourth-order valence-electron chi connectivity index (χ4n) is 1.42. The SMILES string of the molecule is C1=CC2NC=CCC2=CC1. The van der Waals surface area contributed by atoms with Gasteiger partial charge in [0, 0.05) is 0 Å². The molecule has 1 aliphatic carbocycles. The molecule has 0 radical (unpaired) electrons. The quantitative estimate of drug-likeness (QED) is 0.496. The molecule has 1 nitrogen and oxygen atoms in total. The second-order valence-electron chi connectivity index (χ2n) is 2.69. The molecule has 1 heterocycles. The zero-order valence-corrected chi connectivity index (χ0v) is 5.88. The molecule has 0 aromatic rings. The highest BCUT2D eigenvalue weighted by Gasteiger charge is 2.12. The van der Waals surface area contributed by atoms with Crippen LogP contribution >= 0.6 is 0 Å². The van der Waals surface area contributed by atoms with Crippen LogP contribution in [0.15, 0.2) is 36.1 Å². The molecule has 0 aromatic heterocycles. The predicted molar refractivity (Wildman–Crippen MR) is 42.5 cm³/mol. The number of hydrogen-bond donors (Lipinski definition) is 1. The Labute approximate surface area is 61.1 Å². The van der Waals surface area contributed by atoms with E-state index in [-0.39, 0.29) is 0 Å². The lowest BCUT2D eigenvalue weighted by Gasteiger charge is -2.22. The van der Waals surface area contributed by atoms with Gasteiger partial charge in [-0.15, -0.1) is 0 Å². The van der Waals surface area contributed by atoms with Gasteiger partial charge in [-0.1, -0.05) is 24.3 Å². The van der Waals surface area contributed by atoms with Gasteiger partial charge >= 0.3 is 0 Å². The summed E-state index contributed by atoms with van der Waals surface area (Å²) in [5, 5.41) is 3.29. The monoisotopic (exact) mass is 133 g/mol. The lowest BCUT2D eigenvalue weighted by molar-refractivity contribution is 0.732. The first-order valence-corrected chi connectivity index (χ1v) is 3.73. The second kappa shape index (κ2) is 2.33. The van der Waals surface area contributed by atoms with Crippen molar-refractivity contribution < 1.29 is 0 Å². The molecule has 0 saturated heterocycles. The molecule has 52 valence electrons. The summed E-state index contributed by atoms with van der Waals surface area (Å²) in [7, 11) is 0. The Balaban J connectivity index is 2.23. The highest BCUT2D eigenvalue weighted by Crippen LogP contribution is 2.18. The summed E-state index contributed by atoms with van der Waals surface area (Å²) in [6.45, 7) is 0. The van der Waals surface area contributed by atoms with Crippen LogP contribution in [0.4, 0.5) is 0 Å². The van der Waals surface area contributed by atoms with E-state index < -0.39 is 0 Å². The van der Waals surface area contributed by atoms with Crippen LogP contribution in [0.3, 0.4) is 0 Å². The summed E-state index contributed by atoms with van der Waals surface area (Å²) >= 11 is 0. The Morgan fingerprint density at radius 3 is 3.30 bits per heavy atom. The van der Waals surface area contributed by atoms with Gasteiger partial charge in [0.2, 0.25) is 0 Å². The van der Waals surface area contributed by atoms with Crippen LogP contribution in [0.1, 0.15) is 12.8 Å². The Morgan fingerprint density at radius 1 is 1.40 bits per heavy atom. The molecule has 1 N–H and O–H groups in total. The molecule has 2 rings (SSSR count). The van der Waals surface area contributed by atoms with Gasteiger partial charge in [0.1, 0.15) is 0 Å². The molecule has 1 atom stereocenters. The van der Waals surface area contributed by atoms with E-state index in [0.717, 1.165) is 12.8 Å². The summed E-state index contributed by atoms with van der Waals surface area (Å²) in [4.78, 5) is 0. The third kappa shape index (κ3) is 0.878. The number of hydrogen-bond acceptors (Lipinski definition) is 1. The van der Waals surface area contributed by atoms with E-state index in [1.54, 1.807) is 0 Å². The first-order valence-electron chi connectivity index (χ1n) is 3.73. The van der Waals surface area contributed by atoms with Gasteiger partial charge < -0.3 is 5.32 Å². The van der Waals surface area contributed by atoms with Crippen molar-refractivity contribution in [3.8, 4) is 0 Å². The lowest BCUT2D eigenvalue weighted by Crippen LogP contribution is -2.27. The maximum atomic E-state index is 3.29. The molecule has 0 saturated carbocycles. The van der Waals surface area contributed by atoms with Gasteiger partial charge in [0.05, 0.1) is 6.04 Å². The highest BCUT2D eigenvalue weighted by atomic mass is 14.9. The molecule has 2 aliphatic rings. The third-order valence-electron chi connectivity index (χ3n) is 1.99. The second-order valence-corrected chi connectivity index (χ2v) is 2.69. The topological polar surface area (TPSA) is 12.0 Å². The minimum absolute atomic E-state index is 0.499. The summed E-state index contributed by atoms with van der Waals surface area (Å²) in [6, 6.07) is 0.499. The van der Waals surface area contributed by atoms with Crippen LogP contribution in [0, 0.1) is 0 Å². The zero-order valence-electron chi connectivity index (χ0n) is 5.88. The van der Waals surface area contributed by atoms with Gasteiger partial charge in [-0.05, 0) is 24.6 Å². The summed E-state index contributed by atoms with van der Waals surface area (Å²) in [6.07, 6.45) is 13.2. The Hall–Kier alpha value is -0.980. The van der Waals surface area contributed by atoms with E-state index in [1.807, 2.05) is 6.20 Å². The van der Waals surface area contributed by atoms with Crippen LogP contribution in [0.25, 0.3) is 0 Å². The van der Waals surface area contributed by atoms with Crippen molar-refractivity contribution in [2.24, 2.45) is 0 Å². The minimum atomic E-state index is 0.499. The van der Waals surface area contributed by atoms with Crippen LogP contribution in [-0.2, 0) is 0 Å². The molecule has 0 aromatic carbocycles. The van der Waals surface area contributed by atoms with E-state index >= 15 is 0 Å². The van der Waals surface area contributed by atoms with Crippen LogP contribution < -0.4 is 5.32 Å². The van der Waals surface area contributed by atoms with Gasteiger partial charge in [0.15, 0.2) is 0 Å². The molecule has 0 amide bonds. The fraction of sp³-hybridized carbons (Fsp3) is 0.333. The van der Waals surface area contributed by atoms with Gasteiger partial charge in [0.25, 0.3) is 0 Å². The highest BCUT2D eigenvalue weighted by molar-refractivity contribution is 5.29. The summed E-state index contributed by atoms with van der Waals surface area (Å²) in [5.74, 6) is 0. The Morgan fingerprint density at radius 2 is 2.40 bits per heavy atom. The van der Waals surface area contributed by atoms with E-state index in [4.69, 9.17) is 0 Å². The molecule has 0 spiro atoms. The van der Waals surface area contributed by atoms with Gasteiger partial charge in [-0.25, -0.2) is 0 Å². The molecular formula is C9H11N. The fourth-order valence-corrected chi connectivity index (χ4v) is 1.42. The molecule has 10 heavy (non-hydrogen) atoms. The van der Waals surface area contributed by atoms with Crippen molar-refractivity contribution >= 4 is 0 Å². The number of rotatable bonds is 0. The van der Waals surface area contributed by atoms with Gasteiger partial charge in [-0.3, -0.25) is 0 Å². The average Bonchev–Trinajstić information content (AvgIpc) is 2.05. The average molecular weight is 133 g/mol. The summed E-state index contributed by atoms with van der Waals surface area (Å²) < 4.78 is 0. The van der Waals surface area contributed by atoms with Crippen molar-refractivity contribution in [3.63, 3.8) is 0 Å². The van der Waals surface area contributed by atoms with Crippen molar-refractivity contribution in [2.75, 3.05) is 0 Å². The first-order chi connectivity index (χ1) is 4.97. The lowest BCUT2D eigenvalue weighted by atomic mass is 9.96. The molecule has 0 bridgehead atoms. The van der Waals surface area contributed by atoms with E-state index in [1.165, 1.54) is 5.57 Å². The smallest absolute Gasteiger partial charge is 0.0655 e. The zero-order chi connectivity index (χ0) is 6.81. The molecule has 1 aliphatic heterocycles. The van der Waals surface area contributed by atoms with Crippen molar-refractivity contribution in [1.82, 2.24) is 5.32 Å². The molecule has 0 fully saturated rings. The molecule has 1 heteroatoms. The maximum absolute atomic E-state index is 3.29. The third-order valence-corrected chi connectivity index (χ3v) is 1.99. The van der Waals surface area contributed by atoms with E-state index in [9.17, 15) is 0 Å². The molecular weight excluding hydrogens is 122 g/mol. The largest absolute Gasteiger partial charge is 0.381 e. The van der Waals surface area contributed by atoms with Crippen LogP contribution in [0.5, 0.6) is 0 Å². The van der Waals surface area contributed by atoms with Crippen molar-refractivity contribution in [3.05, 3.63) is 36.1 Å². The Bertz CT molecular complexity index is 211. The minimum Gasteiger partial charge on any atom is -0.381 e. The van der Waals surface area contributed by atoms with Crippen molar-refractivity contribution in [2.45, 2.75) is 18.9 Å². The Kier molecular flexibility index (Phi) is 1.35. The first kappa shape index (κ1) is 5.78. The number of nitrogens with one attached hydrogen (secondary N) is 1.